The third-order valence-corrected chi connectivity index (χ3v) is 4.39. The van der Waals surface area contributed by atoms with Crippen LogP contribution in [0.5, 0.6) is 0 Å². The molecule has 0 unspecified atom stereocenters. The molecule has 0 saturated heterocycles. The fourth-order valence-corrected chi connectivity index (χ4v) is 3.37. The fourth-order valence-electron chi connectivity index (χ4n) is 2.21. The van der Waals surface area contributed by atoms with Gasteiger partial charge in [0.25, 0.3) is 0 Å². The Hall–Kier alpha value is -1.64. The molecule has 19 heavy (non-hydrogen) atoms. The van der Waals surface area contributed by atoms with Crippen molar-refractivity contribution in [2.75, 3.05) is 5.32 Å². The predicted octanol–water partition coefficient (Wildman–Crippen LogP) is 2.86. The summed E-state index contributed by atoms with van der Waals surface area (Å²) in [6.45, 7) is 3.03. The standard InChI is InChI=1S/C15H15N3Se/c1-2-11-6-3-4-7-12(11)10-16-13-8-5-9-14-15(13)18-19-17-14/h3-9,16H,2,10H2,1H3. The second-order valence-electron chi connectivity index (χ2n) is 4.41. The van der Waals surface area contributed by atoms with Crippen LogP contribution in [-0.2, 0) is 13.0 Å². The van der Waals surface area contributed by atoms with Crippen molar-refractivity contribution in [3.8, 4) is 0 Å². The normalized spacial score (nSPS) is 10.8. The molecule has 0 fully saturated rings. The number of rotatable bonds is 4. The molecule has 0 aliphatic carbocycles. The van der Waals surface area contributed by atoms with Gasteiger partial charge in [-0.25, -0.2) is 0 Å². The second-order valence-corrected chi connectivity index (χ2v) is 5.52. The summed E-state index contributed by atoms with van der Waals surface area (Å²) in [5, 5.41) is 3.49. The van der Waals surface area contributed by atoms with Crippen LogP contribution < -0.4 is 5.32 Å². The summed E-state index contributed by atoms with van der Waals surface area (Å²) in [5.41, 5.74) is 5.88. The summed E-state index contributed by atoms with van der Waals surface area (Å²) in [5.74, 6) is 0. The Kier molecular flexibility index (Phi) is 3.62. The van der Waals surface area contributed by atoms with Gasteiger partial charge in [-0.3, -0.25) is 0 Å². The number of aryl methyl sites for hydroxylation is 1. The van der Waals surface area contributed by atoms with E-state index >= 15 is 0 Å². The van der Waals surface area contributed by atoms with Gasteiger partial charge in [0.15, 0.2) is 0 Å². The van der Waals surface area contributed by atoms with E-state index in [2.05, 4.69) is 50.5 Å². The molecule has 3 nitrogen and oxygen atoms in total. The zero-order valence-electron chi connectivity index (χ0n) is 10.8. The number of nitrogens with zero attached hydrogens (tertiary/aromatic N) is 2. The summed E-state index contributed by atoms with van der Waals surface area (Å²) < 4.78 is 8.89. The van der Waals surface area contributed by atoms with Crippen molar-refractivity contribution in [3.05, 3.63) is 53.6 Å². The van der Waals surface area contributed by atoms with Crippen LogP contribution >= 0.6 is 0 Å². The molecule has 0 aliphatic rings. The molecule has 1 heterocycles. The summed E-state index contributed by atoms with van der Waals surface area (Å²) >= 11 is 0.0292. The van der Waals surface area contributed by atoms with E-state index in [-0.39, 0.29) is 15.0 Å². The maximum absolute atomic E-state index is 4.49. The molecule has 0 bridgehead atoms. The number of hydrogen-bond acceptors (Lipinski definition) is 3. The molecule has 2 aromatic carbocycles. The number of fused-ring (bicyclic) bond motifs is 1. The predicted molar refractivity (Wildman–Crippen MR) is 79.6 cm³/mol. The van der Waals surface area contributed by atoms with Crippen molar-refractivity contribution < 1.29 is 0 Å². The fraction of sp³-hybridized carbons (Fsp3) is 0.200. The van der Waals surface area contributed by atoms with Crippen LogP contribution in [0.4, 0.5) is 5.69 Å². The summed E-state index contributed by atoms with van der Waals surface area (Å²) in [6.07, 6.45) is 1.06. The number of benzene rings is 2. The number of anilines is 1. The van der Waals surface area contributed by atoms with E-state index in [1.54, 1.807) is 0 Å². The molecular weight excluding hydrogens is 301 g/mol. The Bertz CT molecular complexity index is 690. The maximum atomic E-state index is 4.49. The second kappa shape index (κ2) is 5.55. The van der Waals surface area contributed by atoms with E-state index in [1.807, 2.05) is 12.1 Å². The number of nitrogens with one attached hydrogen (secondary N) is 1. The molecule has 3 aromatic rings. The van der Waals surface area contributed by atoms with Gasteiger partial charge in [-0.05, 0) is 0 Å². The van der Waals surface area contributed by atoms with Gasteiger partial charge in [-0.2, -0.15) is 0 Å². The van der Waals surface area contributed by atoms with Gasteiger partial charge in [0, 0.05) is 0 Å². The monoisotopic (exact) mass is 317 g/mol. The molecule has 96 valence electrons. The first-order valence-corrected chi connectivity index (χ1v) is 7.93. The van der Waals surface area contributed by atoms with Gasteiger partial charge >= 0.3 is 118 Å². The molecule has 3 rings (SSSR count). The molecule has 0 spiro atoms. The van der Waals surface area contributed by atoms with Gasteiger partial charge < -0.3 is 0 Å². The molecule has 0 atom stereocenters. The molecule has 1 N–H and O–H groups in total. The van der Waals surface area contributed by atoms with Crippen molar-refractivity contribution in [1.29, 1.82) is 0 Å². The Balaban J connectivity index is 1.84. The van der Waals surface area contributed by atoms with Crippen LogP contribution in [0, 0.1) is 0 Å². The zero-order valence-corrected chi connectivity index (χ0v) is 12.5. The van der Waals surface area contributed by atoms with E-state index in [0.717, 1.165) is 29.7 Å². The van der Waals surface area contributed by atoms with Crippen LogP contribution in [0.25, 0.3) is 11.0 Å². The Morgan fingerprint density at radius 1 is 1.00 bits per heavy atom. The Labute approximate surface area is 118 Å². The summed E-state index contributed by atoms with van der Waals surface area (Å²) in [4.78, 5) is 0. The Morgan fingerprint density at radius 3 is 2.68 bits per heavy atom. The van der Waals surface area contributed by atoms with Gasteiger partial charge in [-0.15, -0.1) is 0 Å². The van der Waals surface area contributed by atoms with E-state index in [9.17, 15) is 0 Å². The van der Waals surface area contributed by atoms with E-state index in [4.69, 9.17) is 0 Å². The van der Waals surface area contributed by atoms with Crippen LogP contribution in [0.1, 0.15) is 18.1 Å². The zero-order chi connectivity index (χ0) is 13.1. The van der Waals surface area contributed by atoms with E-state index in [0.29, 0.717) is 0 Å². The average Bonchev–Trinajstić information content (AvgIpc) is 2.94. The van der Waals surface area contributed by atoms with Crippen LogP contribution in [0.15, 0.2) is 42.5 Å². The third kappa shape index (κ3) is 2.55. The van der Waals surface area contributed by atoms with Crippen molar-refractivity contribution in [1.82, 2.24) is 7.96 Å². The quantitative estimate of drug-likeness (QED) is 0.752. The van der Waals surface area contributed by atoms with E-state index in [1.165, 1.54) is 11.1 Å². The van der Waals surface area contributed by atoms with Gasteiger partial charge in [-0.1, -0.05) is 0 Å². The molecule has 4 heteroatoms. The number of aromatic nitrogens is 2. The molecular formula is C15H15N3Se. The first kappa shape index (κ1) is 12.4. The van der Waals surface area contributed by atoms with Gasteiger partial charge in [0.1, 0.15) is 0 Å². The van der Waals surface area contributed by atoms with Crippen molar-refractivity contribution >= 4 is 31.7 Å². The van der Waals surface area contributed by atoms with Crippen LogP contribution in [0.2, 0.25) is 0 Å². The van der Waals surface area contributed by atoms with Gasteiger partial charge in [0.2, 0.25) is 0 Å². The minimum atomic E-state index is 0.0292. The molecule has 0 saturated carbocycles. The molecule has 0 amide bonds. The molecule has 1 aromatic heterocycles. The van der Waals surface area contributed by atoms with E-state index < -0.39 is 0 Å². The topological polar surface area (TPSA) is 37.8 Å². The average molecular weight is 316 g/mol. The minimum absolute atomic E-state index is 0.0292. The Morgan fingerprint density at radius 2 is 1.84 bits per heavy atom. The van der Waals surface area contributed by atoms with Crippen LogP contribution in [0.3, 0.4) is 0 Å². The van der Waals surface area contributed by atoms with Crippen molar-refractivity contribution in [2.24, 2.45) is 0 Å². The molecule has 0 aliphatic heterocycles. The van der Waals surface area contributed by atoms with Crippen LogP contribution in [-0.4, -0.2) is 22.9 Å². The SMILES string of the molecule is CCc1ccccc1CNc1cccc2n[se]nc12. The van der Waals surface area contributed by atoms with Gasteiger partial charge in [0.05, 0.1) is 0 Å². The summed E-state index contributed by atoms with van der Waals surface area (Å²) in [6, 6.07) is 14.7. The molecule has 0 radical (unpaired) electrons. The first-order valence-electron chi connectivity index (χ1n) is 6.40. The summed E-state index contributed by atoms with van der Waals surface area (Å²) in [7, 11) is 0. The third-order valence-electron chi connectivity index (χ3n) is 3.25. The van der Waals surface area contributed by atoms with Crippen molar-refractivity contribution in [3.63, 3.8) is 0 Å². The van der Waals surface area contributed by atoms with Crippen molar-refractivity contribution in [2.45, 2.75) is 19.9 Å². The number of hydrogen-bond donors (Lipinski definition) is 1. The first-order chi connectivity index (χ1) is 9.38.